The first-order valence-electron chi connectivity index (χ1n) is 9.59. The number of amides is 2. The van der Waals surface area contributed by atoms with Gasteiger partial charge in [0, 0.05) is 17.3 Å². The topological polar surface area (TPSA) is 141 Å². The van der Waals surface area contributed by atoms with Crippen molar-refractivity contribution in [3.8, 4) is 5.75 Å². The average Bonchev–Trinajstić information content (AvgIpc) is 3.36. The number of anilines is 3. The maximum atomic E-state index is 12.4. The van der Waals surface area contributed by atoms with Crippen molar-refractivity contribution in [2.75, 3.05) is 22.6 Å². The lowest BCUT2D eigenvalue weighted by atomic mass is 10.2. The van der Waals surface area contributed by atoms with Gasteiger partial charge in [-0.15, -0.1) is 0 Å². The van der Waals surface area contributed by atoms with E-state index in [-0.39, 0.29) is 5.69 Å². The van der Waals surface area contributed by atoms with Gasteiger partial charge in [0.1, 0.15) is 5.75 Å². The summed E-state index contributed by atoms with van der Waals surface area (Å²) in [6.45, 7) is 7.00. The van der Waals surface area contributed by atoms with E-state index >= 15 is 0 Å². The van der Waals surface area contributed by atoms with Gasteiger partial charge < -0.3 is 25.5 Å². The molecule has 164 valence electrons. The Balaban J connectivity index is 1.55. The average molecular weight is 445 g/mol. The monoisotopic (exact) mass is 444 g/mol. The van der Waals surface area contributed by atoms with Gasteiger partial charge >= 0.3 is 12.0 Å². The van der Waals surface area contributed by atoms with Gasteiger partial charge in [0.05, 0.1) is 18.8 Å². The fourth-order valence-corrected chi connectivity index (χ4v) is 3.25. The summed E-state index contributed by atoms with van der Waals surface area (Å²) >= 11 is 1.29. The zero-order valence-corrected chi connectivity index (χ0v) is 18.2. The molecule has 11 heteroatoms. The number of hydrogen-bond acceptors (Lipinski definition) is 7. The molecular formula is C20H24N6O4S. The summed E-state index contributed by atoms with van der Waals surface area (Å²) in [5.74, 6) is 0.214. The fourth-order valence-electron chi connectivity index (χ4n) is 2.50. The number of imidazole rings is 1. The van der Waals surface area contributed by atoms with E-state index < -0.39 is 12.0 Å². The molecule has 1 aromatic carbocycles. The molecule has 3 aromatic rings. The van der Waals surface area contributed by atoms with Crippen molar-refractivity contribution in [3.05, 3.63) is 46.7 Å². The number of hydrogen-bond donors (Lipinski definition) is 5. The number of nitrogens with zero attached hydrogens (tertiary/aromatic N) is 2. The van der Waals surface area contributed by atoms with Crippen LogP contribution in [0.5, 0.6) is 5.75 Å². The van der Waals surface area contributed by atoms with Crippen LogP contribution in [-0.2, 0) is 6.54 Å². The lowest BCUT2D eigenvalue weighted by molar-refractivity contribution is 0.0691. The van der Waals surface area contributed by atoms with Crippen molar-refractivity contribution >= 4 is 40.1 Å². The molecule has 0 aliphatic heterocycles. The Kier molecular flexibility index (Phi) is 7.08. The van der Waals surface area contributed by atoms with Crippen LogP contribution in [0.3, 0.4) is 0 Å². The number of carbonyl (C=O) groups is 2. The second kappa shape index (κ2) is 9.94. The second-order valence-electron chi connectivity index (χ2n) is 7.21. The van der Waals surface area contributed by atoms with Gasteiger partial charge in [-0.2, -0.15) is 0 Å². The number of benzene rings is 1. The summed E-state index contributed by atoms with van der Waals surface area (Å²) in [6, 6.07) is 5.16. The molecule has 0 spiro atoms. The molecule has 3 rings (SSSR count). The number of urea groups is 1. The van der Waals surface area contributed by atoms with Crippen molar-refractivity contribution in [3.63, 3.8) is 0 Å². The Morgan fingerprint density at radius 3 is 2.81 bits per heavy atom. The molecule has 2 heterocycles. The molecule has 0 aliphatic carbocycles. The summed E-state index contributed by atoms with van der Waals surface area (Å²) in [7, 11) is 0. The Labute approximate surface area is 183 Å². The largest absolute Gasteiger partial charge is 0.491 e. The van der Waals surface area contributed by atoms with Gasteiger partial charge in [-0.3, -0.25) is 5.32 Å². The van der Waals surface area contributed by atoms with E-state index in [0.717, 1.165) is 10.4 Å². The third kappa shape index (κ3) is 6.44. The summed E-state index contributed by atoms with van der Waals surface area (Å²) in [5.41, 5.74) is 1.54. The van der Waals surface area contributed by atoms with E-state index in [1.165, 1.54) is 17.5 Å². The Morgan fingerprint density at radius 1 is 1.29 bits per heavy atom. The number of nitrogens with one attached hydrogen (secondary N) is 4. The van der Waals surface area contributed by atoms with Crippen molar-refractivity contribution in [2.45, 2.75) is 27.3 Å². The molecule has 0 saturated heterocycles. The first-order chi connectivity index (χ1) is 14.8. The lowest BCUT2D eigenvalue weighted by Crippen LogP contribution is -2.20. The summed E-state index contributed by atoms with van der Waals surface area (Å²) in [6.07, 6.45) is 2.93. The molecule has 0 saturated carbocycles. The maximum absolute atomic E-state index is 12.4. The van der Waals surface area contributed by atoms with Gasteiger partial charge in [0.2, 0.25) is 5.95 Å². The number of carbonyl (C=O) groups excluding carboxylic acids is 1. The van der Waals surface area contributed by atoms with Crippen LogP contribution in [0.1, 0.15) is 34.8 Å². The molecular weight excluding hydrogens is 420 g/mol. The molecule has 2 amide bonds. The molecule has 0 fully saturated rings. The summed E-state index contributed by atoms with van der Waals surface area (Å²) in [5, 5.41) is 17.8. The summed E-state index contributed by atoms with van der Waals surface area (Å²) in [4.78, 5) is 34.9. The lowest BCUT2D eigenvalue weighted by Gasteiger charge is -2.14. The molecule has 0 radical (unpaired) electrons. The van der Waals surface area contributed by atoms with Gasteiger partial charge in [-0.25, -0.2) is 19.6 Å². The van der Waals surface area contributed by atoms with Crippen LogP contribution in [-0.4, -0.2) is 38.7 Å². The predicted octanol–water partition coefficient (Wildman–Crippen LogP) is 4.16. The smallest absolute Gasteiger partial charge is 0.356 e. The number of aromatic carboxylic acids is 1. The molecule has 31 heavy (non-hydrogen) atoms. The van der Waals surface area contributed by atoms with Crippen molar-refractivity contribution < 1.29 is 19.4 Å². The van der Waals surface area contributed by atoms with E-state index in [0.29, 0.717) is 41.6 Å². The number of thiazole rings is 1. The van der Waals surface area contributed by atoms with Crippen LogP contribution in [0.15, 0.2) is 30.6 Å². The molecule has 5 N–H and O–H groups in total. The van der Waals surface area contributed by atoms with Crippen LogP contribution < -0.4 is 20.7 Å². The fraction of sp³-hybridized carbons (Fsp3) is 0.300. The van der Waals surface area contributed by atoms with Gasteiger partial charge in [0.15, 0.2) is 10.8 Å². The van der Waals surface area contributed by atoms with Gasteiger partial charge in [-0.05, 0) is 30.5 Å². The Bertz CT molecular complexity index is 1060. The highest BCUT2D eigenvalue weighted by Crippen LogP contribution is 2.27. The predicted molar refractivity (Wildman–Crippen MR) is 119 cm³/mol. The Hall–Kier alpha value is -3.60. The van der Waals surface area contributed by atoms with Gasteiger partial charge in [-0.1, -0.05) is 31.3 Å². The first-order valence-corrected chi connectivity index (χ1v) is 10.4. The van der Waals surface area contributed by atoms with Crippen LogP contribution >= 0.6 is 11.3 Å². The highest BCUT2D eigenvalue weighted by molar-refractivity contribution is 7.15. The van der Waals surface area contributed by atoms with Crippen molar-refractivity contribution in [1.82, 2.24) is 15.0 Å². The molecule has 0 atom stereocenters. The van der Waals surface area contributed by atoms with Gasteiger partial charge in [0.25, 0.3) is 0 Å². The quantitative estimate of drug-likeness (QED) is 0.333. The molecule has 0 unspecified atom stereocenters. The number of aryl methyl sites for hydroxylation is 1. The highest BCUT2D eigenvalue weighted by atomic mass is 32.1. The number of H-pyrrole nitrogens is 1. The SMILES string of the molecule is Cc1ccc(NC(=O)Nc2ncc(CNc3nc(C(=O)O)c[nH]3)s2)c(OCC(C)C)c1. The van der Waals surface area contributed by atoms with E-state index in [1.54, 1.807) is 12.3 Å². The minimum absolute atomic E-state index is 0.0707. The summed E-state index contributed by atoms with van der Waals surface area (Å²) < 4.78 is 5.82. The van der Waals surface area contributed by atoms with Crippen molar-refractivity contribution in [1.29, 1.82) is 0 Å². The Morgan fingerprint density at radius 2 is 2.10 bits per heavy atom. The van der Waals surface area contributed by atoms with Crippen molar-refractivity contribution in [2.24, 2.45) is 5.92 Å². The minimum Gasteiger partial charge on any atom is -0.491 e. The third-order valence-electron chi connectivity index (χ3n) is 3.96. The van der Waals surface area contributed by atoms with E-state index in [9.17, 15) is 9.59 Å². The van der Waals surface area contributed by atoms with E-state index in [4.69, 9.17) is 9.84 Å². The second-order valence-corrected chi connectivity index (χ2v) is 8.32. The first kappa shape index (κ1) is 22.1. The maximum Gasteiger partial charge on any atom is 0.356 e. The number of ether oxygens (including phenoxy) is 1. The van der Waals surface area contributed by atoms with E-state index in [1.807, 2.05) is 19.1 Å². The number of carboxylic acid groups (broad SMARTS) is 1. The van der Waals surface area contributed by atoms with Crippen LogP contribution in [0.4, 0.5) is 21.6 Å². The normalized spacial score (nSPS) is 10.7. The molecule has 0 aliphatic rings. The molecule has 2 aromatic heterocycles. The number of carboxylic acids is 1. The zero-order valence-electron chi connectivity index (χ0n) is 17.4. The van der Waals surface area contributed by atoms with Crippen LogP contribution in [0.2, 0.25) is 0 Å². The van der Waals surface area contributed by atoms with E-state index in [2.05, 4.69) is 44.7 Å². The number of aromatic nitrogens is 3. The third-order valence-corrected chi connectivity index (χ3v) is 4.87. The highest BCUT2D eigenvalue weighted by Gasteiger charge is 2.12. The zero-order chi connectivity index (χ0) is 22.4. The number of rotatable bonds is 9. The standard InChI is InChI=1S/C20H24N6O4S/c1-11(2)10-30-16-6-12(3)4-5-14(16)25-19(29)26-20-23-8-13(31-20)7-21-18-22-9-15(24-18)17(27)28/h4-6,8-9,11H,7,10H2,1-3H3,(H,27,28)(H2,21,22,24)(H2,23,25,26,29). The number of aromatic amines is 1. The molecule has 10 nitrogen and oxygen atoms in total. The van der Waals surface area contributed by atoms with Crippen LogP contribution in [0.25, 0.3) is 0 Å². The molecule has 0 bridgehead atoms. The van der Waals surface area contributed by atoms with Crippen LogP contribution in [0, 0.1) is 12.8 Å². The minimum atomic E-state index is -1.11.